The molecule has 1 fully saturated rings. The van der Waals surface area contributed by atoms with E-state index in [4.69, 9.17) is 15.2 Å². The third-order valence-corrected chi connectivity index (χ3v) is 4.23. The number of nitrogens with two attached hydrogens (primary N) is 1. The molecule has 0 aromatic heterocycles. The van der Waals surface area contributed by atoms with Gasteiger partial charge in [-0.3, -0.25) is 4.90 Å². The van der Waals surface area contributed by atoms with Crippen molar-refractivity contribution in [3.8, 4) is 11.5 Å². The van der Waals surface area contributed by atoms with Crippen LogP contribution in [0.5, 0.6) is 11.5 Å². The molecular formula is C15H22N2O2. The summed E-state index contributed by atoms with van der Waals surface area (Å²) in [5.74, 6) is 1.64. The number of hydrogen-bond donors (Lipinski definition) is 1. The van der Waals surface area contributed by atoms with Crippen LogP contribution in [0.25, 0.3) is 0 Å². The van der Waals surface area contributed by atoms with E-state index in [1.165, 1.54) is 25.8 Å². The van der Waals surface area contributed by atoms with Crippen LogP contribution < -0.4 is 15.2 Å². The molecule has 2 unspecified atom stereocenters. The topological polar surface area (TPSA) is 47.7 Å². The van der Waals surface area contributed by atoms with Crippen molar-refractivity contribution in [2.24, 2.45) is 5.73 Å². The summed E-state index contributed by atoms with van der Waals surface area (Å²) in [7, 11) is 0. The van der Waals surface area contributed by atoms with Crippen molar-refractivity contribution in [1.82, 2.24) is 4.90 Å². The minimum absolute atomic E-state index is 0.0432. The molecule has 19 heavy (non-hydrogen) atoms. The maximum absolute atomic E-state index is 6.35. The van der Waals surface area contributed by atoms with Crippen LogP contribution in [0, 0.1) is 0 Å². The van der Waals surface area contributed by atoms with Crippen molar-refractivity contribution in [2.45, 2.75) is 38.3 Å². The van der Waals surface area contributed by atoms with Crippen LogP contribution in [0.3, 0.4) is 0 Å². The van der Waals surface area contributed by atoms with Gasteiger partial charge in [-0.2, -0.15) is 0 Å². The molecule has 1 aromatic rings. The molecule has 0 amide bonds. The van der Waals surface area contributed by atoms with Crippen LogP contribution in [-0.4, -0.2) is 30.8 Å². The zero-order chi connectivity index (χ0) is 13.2. The Bertz CT molecular complexity index is 450. The fourth-order valence-corrected chi connectivity index (χ4v) is 3.10. The monoisotopic (exact) mass is 262 g/mol. The van der Waals surface area contributed by atoms with E-state index in [0.29, 0.717) is 12.8 Å². The maximum atomic E-state index is 6.35. The molecule has 2 aliphatic rings. The van der Waals surface area contributed by atoms with E-state index in [9.17, 15) is 0 Å². The van der Waals surface area contributed by atoms with Gasteiger partial charge in [0.05, 0.1) is 0 Å². The lowest BCUT2D eigenvalue weighted by atomic mass is 10.1. The zero-order valence-corrected chi connectivity index (χ0v) is 11.5. The first-order valence-electron chi connectivity index (χ1n) is 7.17. The molecule has 2 N–H and O–H groups in total. The first kappa shape index (κ1) is 12.8. The van der Waals surface area contributed by atoms with Gasteiger partial charge in [-0.25, -0.2) is 0 Å². The second-order valence-corrected chi connectivity index (χ2v) is 5.42. The summed E-state index contributed by atoms with van der Waals surface area (Å²) in [4.78, 5) is 2.52. The highest BCUT2D eigenvalue weighted by Gasteiger charge is 2.25. The van der Waals surface area contributed by atoms with Crippen molar-refractivity contribution in [2.75, 3.05) is 19.9 Å². The molecular weight excluding hydrogens is 240 g/mol. The Labute approximate surface area is 114 Å². The van der Waals surface area contributed by atoms with Crippen LogP contribution >= 0.6 is 0 Å². The molecule has 0 aliphatic carbocycles. The molecule has 2 heterocycles. The Kier molecular flexibility index (Phi) is 3.62. The Morgan fingerprint density at radius 1 is 1.37 bits per heavy atom. The second kappa shape index (κ2) is 5.39. The molecule has 4 heteroatoms. The lowest BCUT2D eigenvalue weighted by molar-refractivity contribution is 0.174. The number of rotatable bonds is 4. The summed E-state index contributed by atoms with van der Waals surface area (Å²) in [6.07, 6.45) is 3.82. The number of benzene rings is 1. The van der Waals surface area contributed by atoms with Crippen molar-refractivity contribution in [3.63, 3.8) is 0 Å². The summed E-state index contributed by atoms with van der Waals surface area (Å²) in [6, 6.07) is 6.78. The standard InChI is InChI=1S/C15H22N2O2/c1-2-12-4-3-7-17(12)9-13(16)11-5-6-14-15(8-11)19-10-18-14/h5-6,8,12-13H,2-4,7,9-10,16H2,1H3. The van der Waals surface area contributed by atoms with Gasteiger partial charge < -0.3 is 15.2 Å². The Balaban J connectivity index is 1.68. The van der Waals surface area contributed by atoms with Gasteiger partial charge in [0.2, 0.25) is 6.79 Å². The molecule has 104 valence electrons. The maximum Gasteiger partial charge on any atom is 0.231 e. The second-order valence-electron chi connectivity index (χ2n) is 5.42. The van der Waals surface area contributed by atoms with Crippen LogP contribution in [0.1, 0.15) is 37.8 Å². The summed E-state index contributed by atoms with van der Waals surface area (Å²) < 4.78 is 10.7. The van der Waals surface area contributed by atoms with E-state index in [0.717, 1.165) is 23.6 Å². The summed E-state index contributed by atoms with van der Waals surface area (Å²) in [5, 5.41) is 0. The predicted octanol–water partition coefficient (Wildman–Crippen LogP) is 2.29. The van der Waals surface area contributed by atoms with Crippen molar-refractivity contribution in [3.05, 3.63) is 23.8 Å². The third-order valence-electron chi connectivity index (χ3n) is 4.23. The number of likely N-dealkylation sites (tertiary alicyclic amines) is 1. The van der Waals surface area contributed by atoms with E-state index in [-0.39, 0.29) is 6.04 Å². The number of hydrogen-bond acceptors (Lipinski definition) is 4. The van der Waals surface area contributed by atoms with Gasteiger partial charge >= 0.3 is 0 Å². The van der Waals surface area contributed by atoms with E-state index in [2.05, 4.69) is 17.9 Å². The molecule has 0 bridgehead atoms. The zero-order valence-electron chi connectivity index (χ0n) is 11.5. The van der Waals surface area contributed by atoms with Gasteiger partial charge in [-0.1, -0.05) is 13.0 Å². The van der Waals surface area contributed by atoms with Gasteiger partial charge in [0.25, 0.3) is 0 Å². The highest BCUT2D eigenvalue weighted by molar-refractivity contribution is 5.45. The Hall–Kier alpha value is -1.26. The lowest BCUT2D eigenvalue weighted by Crippen LogP contribution is -2.35. The fraction of sp³-hybridized carbons (Fsp3) is 0.600. The molecule has 0 spiro atoms. The van der Waals surface area contributed by atoms with E-state index in [1.807, 2.05) is 12.1 Å². The van der Waals surface area contributed by atoms with Crippen LogP contribution in [0.4, 0.5) is 0 Å². The van der Waals surface area contributed by atoms with E-state index >= 15 is 0 Å². The molecule has 2 atom stereocenters. The molecule has 1 aromatic carbocycles. The summed E-state index contributed by atoms with van der Waals surface area (Å²) in [5.41, 5.74) is 7.48. The van der Waals surface area contributed by atoms with Gasteiger partial charge in [0.15, 0.2) is 11.5 Å². The van der Waals surface area contributed by atoms with Gasteiger partial charge in [-0.05, 0) is 43.5 Å². The van der Waals surface area contributed by atoms with E-state index in [1.54, 1.807) is 0 Å². The van der Waals surface area contributed by atoms with Crippen molar-refractivity contribution >= 4 is 0 Å². The third kappa shape index (κ3) is 2.55. The lowest BCUT2D eigenvalue weighted by Gasteiger charge is -2.26. The summed E-state index contributed by atoms with van der Waals surface area (Å²) in [6.45, 7) is 4.68. The minimum atomic E-state index is 0.0432. The first-order valence-corrected chi connectivity index (χ1v) is 7.17. The fourth-order valence-electron chi connectivity index (χ4n) is 3.10. The smallest absolute Gasteiger partial charge is 0.231 e. The van der Waals surface area contributed by atoms with Gasteiger partial charge in [-0.15, -0.1) is 0 Å². The predicted molar refractivity (Wildman–Crippen MR) is 74.4 cm³/mol. The van der Waals surface area contributed by atoms with Gasteiger partial charge in [0.1, 0.15) is 0 Å². The first-order chi connectivity index (χ1) is 9.28. The minimum Gasteiger partial charge on any atom is -0.454 e. The number of ether oxygens (including phenoxy) is 2. The molecule has 4 nitrogen and oxygen atoms in total. The molecule has 1 saturated heterocycles. The largest absolute Gasteiger partial charge is 0.454 e. The van der Waals surface area contributed by atoms with Crippen molar-refractivity contribution < 1.29 is 9.47 Å². The van der Waals surface area contributed by atoms with Crippen LogP contribution in [0.15, 0.2) is 18.2 Å². The number of fused-ring (bicyclic) bond motifs is 1. The van der Waals surface area contributed by atoms with Crippen LogP contribution in [-0.2, 0) is 0 Å². The van der Waals surface area contributed by atoms with E-state index < -0.39 is 0 Å². The number of nitrogens with zero attached hydrogens (tertiary/aromatic N) is 1. The molecule has 0 radical (unpaired) electrons. The average molecular weight is 262 g/mol. The SMILES string of the molecule is CCC1CCCN1CC(N)c1ccc2c(c1)OCO2. The van der Waals surface area contributed by atoms with Crippen LogP contribution in [0.2, 0.25) is 0 Å². The van der Waals surface area contributed by atoms with Crippen molar-refractivity contribution in [1.29, 1.82) is 0 Å². The van der Waals surface area contributed by atoms with Gasteiger partial charge in [0, 0.05) is 18.6 Å². The Morgan fingerprint density at radius 2 is 2.21 bits per heavy atom. The molecule has 3 rings (SSSR count). The highest BCUT2D eigenvalue weighted by Crippen LogP contribution is 2.34. The molecule has 0 saturated carbocycles. The Morgan fingerprint density at radius 3 is 3.05 bits per heavy atom. The quantitative estimate of drug-likeness (QED) is 0.904. The normalized spacial score (nSPS) is 23.8. The molecule has 2 aliphatic heterocycles. The highest BCUT2D eigenvalue weighted by atomic mass is 16.7. The average Bonchev–Trinajstić information content (AvgIpc) is 3.05. The summed E-state index contributed by atoms with van der Waals surface area (Å²) >= 11 is 0.